The average Bonchev–Trinajstić information content (AvgIpc) is 3.23. The van der Waals surface area contributed by atoms with Gasteiger partial charge in [0.25, 0.3) is 0 Å². The van der Waals surface area contributed by atoms with E-state index in [1.165, 1.54) is 0 Å². The second kappa shape index (κ2) is 7.63. The van der Waals surface area contributed by atoms with Crippen molar-refractivity contribution in [3.63, 3.8) is 0 Å². The summed E-state index contributed by atoms with van der Waals surface area (Å²) >= 11 is 6.44. The lowest BCUT2D eigenvalue weighted by Gasteiger charge is -2.11. The zero-order valence-corrected chi connectivity index (χ0v) is 17.9. The van der Waals surface area contributed by atoms with E-state index in [2.05, 4.69) is 48.5 Å². The normalized spacial score (nSPS) is 11.3. The lowest BCUT2D eigenvalue weighted by atomic mass is 9.95. The van der Waals surface area contributed by atoms with Gasteiger partial charge in [0.1, 0.15) is 5.69 Å². The topological polar surface area (TPSA) is 30.7 Å². The second-order valence-electron chi connectivity index (χ2n) is 7.67. The van der Waals surface area contributed by atoms with Gasteiger partial charge in [0.05, 0.1) is 16.6 Å². The fourth-order valence-corrected chi connectivity index (χ4v) is 4.42. The van der Waals surface area contributed by atoms with Gasteiger partial charge in [-0.05, 0) is 35.9 Å². The maximum atomic E-state index is 6.44. The summed E-state index contributed by atoms with van der Waals surface area (Å²) in [6.45, 7) is 0. The van der Waals surface area contributed by atoms with Crippen LogP contribution in [-0.2, 0) is 0 Å². The van der Waals surface area contributed by atoms with Crippen LogP contribution in [0.1, 0.15) is 0 Å². The van der Waals surface area contributed by atoms with Gasteiger partial charge < -0.3 is 0 Å². The Kier molecular flexibility index (Phi) is 4.48. The molecule has 6 aromatic rings. The lowest BCUT2D eigenvalue weighted by Crippen LogP contribution is -1.98. The number of fused-ring (bicyclic) bond motifs is 2. The fourth-order valence-electron chi connectivity index (χ4n) is 4.25. The van der Waals surface area contributed by atoms with Gasteiger partial charge in [0, 0.05) is 21.5 Å². The van der Waals surface area contributed by atoms with Crippen LogP contribution in [-0.4, -0.2) is 14.8 Å². The molecule has 0 aliphatic carbocycles. The summed E-state index contributed by atoms with van der Waals surface area (Å²) in [5, 5.41) is 7.80. The van der Waals surface area contributed by atoms with E-state index in [-0.39, 0.29) is 0 Å². The monoisotopic (exact) mass is 431 g/mol. The van der Waals surface area contributed by atoms with Crippen molar-refractivity contribution in [2.24, 2.45) is 0 Å². The fraction of sp³-hybridized carbons (Fsp3) is 0. The van der Waals surface area contributed by atoms with Gasteiger partial charge in [-0.2, -0.15) is 5.10 Å². The molecule has 0 aliphatic rings. The first-order valence-electron chi connectivity index (χ1n) is 10.5. The van der Waals surface area contributed by atoms with Crippen LogP contribution in [0.15, 0.2) is 109 Å². The molecule has 4 aromatic carbocycles. The van der Waals surface area contributed by atoms with E-state index in [1.54, 1.807) is 0 Å². The molecule has 2 heterocycles. The van der Waals surface area contributed by atoms with Gasteiger partial charge in [0.15, 0.2) is 5.65 Å². The summed E-state index contributed by atoms with van der Waals surface area (Å²) in [5.41, 5.74) is 6.83. The van der Waals surface area contributed by atoms with Crippen molar-refractivity contribution in [2.75, 3.05) is 0 Å². The first-order valence-corrected chi connectivity index (χ1v) is 10.9. The zero-order chi connectivity index (χ0) is 21.5. The Hall–Kier alpha value is -3.95. The third-order valence-corrected chi connectivity index (χ3v) is 5.91. The Morgan fingerprint density at radius 2 is 1.28 bits per heavy atom. The number of benzene rings is 4. The van der Waals surface area contributed by atoms with Gasteiger partial charge in [-0.25, -0.2) is 9.67 Å². The van der Waals surface area contributed by atoms with Crippen LogP contribution < -0.4 is 0 Å². The molecule has 3 nitrogen and oxygen atoms in total. The molecule has 0 fully saturated rings. The number of hydrogen-bond acceptors (Lipinski definition) is 2. The average molecular weight is 432 g/mol. The van der Waals surface area contributed by atoms with E-state index in [9.17, 15) is 0 Å². The van der Waals surface area contributed by atoms with Crippen LogP contribution in [0.4, 0.5) is 0 Å². The number of hydrogen-bond donors (Lipinski definition) is 0. The van der Waals surface area contributed by atoms with E-state index < -0.39 is 0 Å². The minimum atomic E-state index is 0.688. The molecule has 0 amide bonds. The molecular formula is C28H18ClN3. The third-order valence-electron chi connectivity index (χ3n) is 5.68. The van der Waals surface area contributed by atoms with Gasteiger partial charge >= 0.3 is 0 Å². The van der Waals surface area contributed by atoms with Gasteiger partial charge in [0.2, 0.25) is 0 Å². The van der Waals surface area contributed by atoms with Crippen molar-refractivity contribution >= 4 is 33.5 Å². The van der Waals surface area contributed by atoms with Crippen molar-refractivity contribution in [2.45, 2.75) is 0 Å². The molecule has 0 unspecified atom stereocenters. The number of nitrogens with zero attached hydrogens (tertiary/aromatic N) is 3. The Labute approximate surface area is 190 Å². The van der Waals surface area contributed by atoms with Gasteiger partial charge in [-0.1, -0.05) is 90.5 Å². The highest BCUT2D eigenvalue weighted by Crippen LogP contribution is 2.41. The summed E-state index contributed by atoms with van der Waals surface area (Å²) in [7, 11) is 0. The molecule has 0 spiro atoms. The lowest BCUT2D eigenvalue weighted by molar-refractivity contribution is 0.903. The van der Waals surface area contributed by atoms with Crippen LogP contribution >= 0.6 is 11.6 Å². The number of halogens is 1. The molecule has 152 valence electrons. The molecule has 32 heavy (non-hydrogen) atoms. The predicted octanol–water partition coefficient (Wildman–Crippen LogP) is 7.56. The van der Waals surface area contributed by atoms with Crippen molar-refractivity contribution in [3.05, 3.63) is 114 Å². The molecule has 0 saturated heterocycles. The third kappa shape index (κ3) is 3.06. The molecule has 0 radical (unpaired) electrons. The van der Waals surface area contributed by atoms with Crippen LogP contribution in [0, 0.1) is 0 Å². The number of para-hydroxylation sites is 1. The highest BCUT2D eigenvalue weighted by molar-refractivity contribution is 6.31. The Bertz CT molecular complexity index is 1560. The number of aromatic nitrogens is 3. The standard InChI is InChI=1S/C28H18ClN3/c29-21-16-17-24-23(18-21)25(19-10-4-1-5-11-19)26-27(20-12-6-2-7-13-20)31-32(28(26)30-24)22-14-8-3-9-15-22/h1-18H. The maximum Gasteiger partial charge on any atom is 0.164 e. The quantitative estimate of drug-likeness (QED) is 0.289. The molecule has 0 N–H and O–H groups in total. The smallest absolute Gasteiger partial charge is 0.164 e. The summed E-state index contributed by atoms with van der Waals surface area (Å²) < 4.78 is 1.94. The van der Waals surface area contributed by atoms with Crippen molar-refractivity contribution in [1.82, 2.24) is 14.8 Å². The molecule has 0 bridgehead atoms. The molecular weight excluding hydrogens is 414 g/mol. The molecule has 6 rings (SSSR count). The summed E-state index contributed by atoms with van der Waals surface area (Å²) in [4.78, 5) is 5.07. The van der Waals surface area contributed by atoms with E-state index in [4.69, 9.17) is 21.7 Å². The van der Waals surface area contributed by atoms with Crippen LogP contribution in [0.25, 0.3) is 50.0 Å². The van der Waals surface area contributed by atoms with E-state index >= 15 is 0 Å². The Morgan fingerprint density at radius 1 is 0.656 bits per heavy atom. The summed E-state index contributed by atoms with van der Waals surface area (Å²) in [6, 6.07) is 36.7. The summed E-state index contributed by atoms with van der Waals surface area (Å²) in [5.74, 6) is 0. The van der Waals surface area contributed by atoms with Crippen LogP contribution in [0.2, 0.25) is 5.02 Å². The van der Waals surface area contributed by atoms with Gasteiger partial charge in [-0.15, -0.1) is 0 Å². The summed E-state index contributed by atoms with van der Waals surface area (Å²) in [6.07, 6.45) is 0. The molecule has 0 aliphatic heterocycles. The SMILES string of the molecule is Clc1ccc2nc3c(c(-c4ccccc4)nn3-c3ccccc3)c(-c3ccccc3)c2c1. The van der Waals surface area contributed by atoms with Crippen molar-refractivity contribution < 1.29 is 0 Å². The van der Waals surface area contributed by atoms with Gasteiger partial charge in [-0.3, -0.25) is 0 Å². The largest absolute Gasteiger partial charge is 0.228 e. The minimum absolute atomic E-state index is 0.688. The second-order valence-corrected chi connectivity index (χ2v) is 8.11. The van der Waals surface area contributed by atoms with Crippen LogP contribution in [0.5, 0.6) is 0 Å². The zero-order valence-electron chi connectivity index (χ0n) is 17.1. The maximum absolute atomic E-state index is 6.44. The van der Waals surface area contributed by atoms with Crippen molar-refractivity contribution in [1.29, 1.82) is 0 Å². The van der Waals surface area contributed by atoms with Crippen LogP contribution in [0.3, 0.4) is 0 Å². The van der Waals surface area contributed by atoms with Crippen molar-refractivity contribution in [3.8, 4) is 28.1 Å². The van der Waals surface area contributed by atoms with E-state index in [1.807, 2.05) is 65.3 Å². The Morgan fingerprint density at radius 3 is 1.97 bits per heavy atom. The molecule has 2 aromatic heterocycles. The molecule has 4 heteroatoms. The minimum Gasteiger partial charge on any atom is -0.228 e. The predicted molar refractivity (Wildman–Crippen MR) is 132 cm³/mol. The first kappa shape index (κ1) is 18.8. The highest BCUT2D eigenvalue weighted by atomic mass is 35.5. The number of rotatable bonds is 3. The number of pyridine rings is 1. The first-order chi connectivity index (χ1) is 15.8. The molecule has 0 saturated carbocycles. The Balaban J connectivity index is 1.84. The van der Waals surface area contributed by atoms with E-state index in [0.29, 0.717) is 5.02 Å². The molecule has 0 atom stereocenters. The van der Waals surface area contributed by atoms with E-state index in [0.717, 1.165) is 50.0 Å². The highest BCUT2D eigenvalue weighted by Gasteiger charge is 2.22.